The summed E-state index contributed by atoms with van der Waals surface area (Å²) in [6.45, 7) is 3.10. The SMILES string of the molecule is CCCn1nc(CCC2CCCCC2)nc1Cc1ccc(-c2ccncc2-c2nnn[nH]2)cc1. The highest BCUT2D eigenvalue weighted by atomic mass is 15.5. The van der Waals surface area contributed by atoms with Gasteiger partial charge in [-0.2, -0.15) is 5.10 Å². The highest BCUT2D eigenvalue weighted by molar-refractivity contribution is 5.79. The summed E-state index contributed by atoms with van der Waals surface area (Å²) in [4.78, 5) is 9.20. The zero-order chi connectivity index (χ0) is 23.2. The molecule has 1 N–H and O–H groups in total. The molecule has 8 heteroatoms. The van der Waals surface area contributed by atoms with Crippen LogP contribution >= 0.6 is 0 Å². The minimum atomic E-state index is 0.612. The van der Waals surface area contributed by atoms with E-state index in [1.807, 2.05) is 6.07 Å². The Labute approximate surface area is 200 Å². The summed E-state index contributed by atoms with van der Waals surface area (Å²) in [6.07, 6.45) is 14.6. The average Bonchev–Trinajstić information content (AvgIpc) is 3.55. The number of tetrazole rings is 1. The van der Waals surface area contributed by atoms with Crippen molar-refractivity contribution >= 4 is 0 Å². The van der Waals surface area contributed by atoms with Gasteiger partial charge < -0.3 is 0 Å². The van der Waals surface area contributed by atoms with E-state index < -0.39 is 0 Å². The Kier molecular flexibility index (Phi) is 7.02. The van der Waals surface area contributed by atoms with E-state index in [4.69, 9.17) is 10.1 Å². The van der Waals surface area contributed by atoms with Crippen molar-refractivity contribution in [3.8, 4) is 22.5 Å². The second-order valence-electron chi connectivity index (χ2n) is 9.25. The summed E-state index contributed by atoms with van der Waals surface area (Å²) >= 11 is 0. The minimum Gasteiger partial charge on any atom is -0.264 e. The molecule has 176 valence electrons. The van der Waals surface area contributed by atoms with Gasteiger partial charge in [0.2, 0.25) is 0 Å². The fourth-order valence-electron chi connectivity index (χ4n) is 4.96. The lowest BCUT2D eigenvalue weighted by molar-refractivity contribution is 0.337. The molecule has 0 aliphatic heterocycles. The van der Waals surface area contributed by atoms with Crippen molar-refractivity contribution in [2.45, 2.75) is 71.3 Å². The van der Waals surface area contributed by atoms with E-state index >= 15 is 0 Å². The van der Waals surface area contributed by atoms with Crippen molar-refractivity contribution in [3.05, 3.63) is 59.9 Å². The molecular formula is C26H32N8. The molecule has 1 fully saturated rings. The van der Waals surface area contributed by atoms with Gasteiger partial charge in [0.25, 0.3) is 0 Å². The fourth-order valence-corrected chi connectivity index (χ4v) is 4.96. The highest BCUT2D eigenvalue weighted by Crippen LogP contribution is 2.29. The predicted molar refractivity (Wildman–Crippen MR) is 131 cm³/mol. The molecule has 0 bridgehead atoms. The first-order valence-corrected chi connectivity index (χ1v) is 12.5. The van der Waals surface area contributed by atoms with Gasteiger partial charge in [-0.1, -0.05) is 63.3 Å². The van der Waals surface area contributed by atoms with Crippen LogP contribution in [-0.4, -0.2) is 40.4 Å². The number of pyridine rings is 1. The third-order valence-electron chi connectivity index (χ3n) is 6.78. The standard InChI is InChI=1S/C26H32N8/c1-2-16-34-25(28-24(31-34)13-10-19-6-4-3-5-7-19)17-20-8-11-21(12-9-20)22-14-15-27-18-23(22)26-29-32-33-30-26/h8-9,11-12,14-15,18-19H,2-7,10,13,16-17H2,1H3,(H,29,30,32,33). The maximum Gasteiger partial charge on any atom is 0.181 e. The summed E-state index contributed by atoms with van der Waals surface area (Å²) in [5.74, 6) is 3.53. The number of aryl methyl sites for hydroxylation is 2. The van der Waals surface area contributed by atoms with Gasteiger partial charge in [0.15, 0.2) is 11.6 Å². The number of hydrogen-bond donors (Lipinski definition) is 1. The van der Waals surface area contributed by atoms with Gasteiger partial charge >= 0.3 is 0 Å². The Bertz CT molecular complexity index is 1170. The topological polar surface area (TPSA) is 98.1 Å². The van der Waals surface area contributed by atoms with E-state index in [0.717, 1.165) is 60.1 Å². The molecule has 4 aromatic rings. The van der Waals surface area contributed by atoms with Gasteiger partial charge in [-0.25, -0.2) is 14.8 Å². The van der Waals surface area contributed by atoms with Crippen molar-refractivity contribution in [1.29, 1.82) is 0 Å². The van der Waals surface area contributed by atoms with Crippen LogP contribution in [0.2, 0.25) is 0 Å². The van der Waals surface area contributed by atoms with Crippen LogP contribution in [0.3, 0.4) is 0 Å². The zero-order valence-corrected chi connectivity index (χ0v) is 19.8. The Hall–Kier alpha value is -3.42. The van der Waals surface area contributed by atoms with Crippen molar-refractivity contribution in [2.75, 3.05) is 0 Å². The Morgan fingerprint density at radius 1 is 1.03 bits per heavy atom. The molecule has 1 aliphatic rings. The van der Waals surface area contributed by atoms with Crippen LogP contribution in [0.1, 0.15) is 69.1 Å². The largest absolute Gasteiger partial charge is 0.264 e. The van der Waals surface area contributed by atoms with Crippen LogP contribution in [0.4, 0.5) is 0 Å². The number of H-pyrrole nitrogens is 1. The molecule has 1 saturated carbocycles. The Balaban J connectivity index is 1.30. The first-order valence-electron chi connectivity index (χ1n) is 12.5. The van der Waals surface area contributed by atoms with Gasteiger partial charge in [0.1, 0.15) is 5.82 Å². The first kappa shape index (κ1) is 22.4. The van der Waals surface area contributed by atoms with Gasteiger partial charge in [-0.05, 0) is 51.9 Å². The number of rotatable bonds is 9. The molecule has 34 heavy (non-hydrogen) atoms. The molecule has 5 rings (SSSR count). The molecule has 0 amide bonds. The molecule has 0 radical (unpaired) electrons. The van der Waals surface area contributed by atoms with Crippen LogP contribution in [0.15, 0.2) is 42.7 Å². The van der Waals surface area contributed by atoms with Gasteiger partial charge in [-0.3, -0.25) is 4.98 Å². The van der Waals surface area contributed by atoms with E-state index in [1.54, 1.807) is 12.4 Å². The summed E-state index contributed by atoms with van der Waals surface area (Å²) in [5, 5.41) is 19.1. The van der Waals surface area contributed by atoms with Gasteiger partial charge in [0, 0.05) is 37.3 Å². The molecule has 1 aliphatic carbocycles. The highest BCUT2D eigenvalue weighted by Gasteiger charge is 2.16. The molecule has 0 unspecified atom stereocenters. The smallest absolute Gasteiger partial charge is 0.181 e. The molecule has 8 nitrogen and oxygen atoms in total. The maximum absolute atomic E-state index is 4.95. The second kappa shape index (κ2) is 10.7. The number of nitrogens with zero attached hydrogens (tertiary/aromatic N) is 7. The molecule has 0 atom stereocenters. The molecule has 0 spiro atoms. The zero-order valence-electron chi connectivity index (χ0n) is 19.8. The predicted octanol–water partition coefficient (Wildman–Crippen LogP) is 5.03. The summed E-state index contributed by atoms with van der Waals surface area (Å²) in [6, 6.07) is 10.6. The normalized spacial score (nSPS) is 14.5. The lowest BCUT2D eigenvalue weighted by atomic mass is 9.86. The molecule has 0 saturated heterocycles. The third-order valence-corrected chi connectivity index (χ3v) is 6.78. The van der Waals surface area contributed by atoms with Gasteiger partial charge in [-0.15, -0.1) is 5.10 Å². The van der Waals surface area contributed by atoms with Crippen LogP contribution in [0.25, 0.3) is 22.5 Å². The summed E-state index contributed by atoms with van der Waals surface area (Å²) < 4.78 is 2.11. The fraction of sp³-hybridized carbons (Fsp3) is 0.462. The van der Waals surface area contributed by atoms with Crippen LogP contribution < -0.4 is 0 Å². The van der Waals surface area contributed by atoms with Crippen LogP contribution in [-0.2, 0) is 19.4 Å². The van der Waals surface area contributed by atoms with E-state index in [2.05, 4.69) is 61.5 Å². The monoisotopic (exact) mass is 456 g/mol. The number of aromatic amines is 1. The number of nitrogens with one attached hydrogen (secondary N) is 1. The van der Waals surface area contributed by atoms with Crippen molar-refractivity contribution in [3.63, 3.8) is 0 Å². The van der Waals surface area contributed by atoms with Crippen molar-refractivity contribution < 1.29 is 0 Å². The lowest BCUT2D eigenvalue weighted by Gasteiger charge is -2.20. The van der Waals surface area contributed by atoms with E-state index in [-0.39, 0.29) is 0 Å². The van der Waals surface area contributed by atoms with E-state index in [0.29, 0.717) is 5.82 Å². The minimum absolute atomic E-state index is 0.612. The number of aromatic nitrogens is 8. The summed E-state index contributed by atoms with van der Waals surface area (Å²) in [5.41, 5.74) is 4.25. The second-order valence-corrected chi connectivity index (χ2v) is 9.25. The number of hydrogen-bond acceptors (Lipinski definition) is 6. The van der Waals surface area contributed by atoms with E-state index in [1.165, 1.54) is 44.1 Å². The Morgan fingerprint density at radius 2 is 1.88 bits per heavy atom. The molecule has 3 heterocycles. The first-order chi connectivity index (χ1) is 16.8. The van der Waals surface area contributed by atoms with Crippen molar-refractivity contribution in [1.82, 2.24) is 40.4 Å². The Morgan fingerprint density at radius 3 is 2.65 bits per heavy atom. The van der Waals surface area contributed by atoms with Crippen LogP contribution in [0.5, 0.6) is 0 Å². The summed E-state index contributed by atoms with van der Waals surface area (Å²) in [7, 11) is 0. The molecule has 1 aromatic carbocycles. The quantitative estimate of drug-likeness (QED) is 0.379. The lowest BCUT2D eigenvalue weighted by Crippen LogP contribution is -2.08. The number of benzene rings is 1. The van der Waals surface area contributed by atoms with Crippen LogP contribution in [0, 0.1) is 5.92 Å². The van der Waals surface area contributed by atoms with Crippen molar-refractivity contribution in [2.24, 2.45) is 5.92 Å². The molecular weight excluding hydrogens is 424 g/mol. The van der Waals surface area contributed by atoms with E-state index in [9.17, 15) is 0 Å². The van der Waals surface area contributed by atoms with Gasteiger partial charge in [0.05, 0.1) is 0 Å². The third kappa shape index (κ3) is 5.21. The molecule has 3 aromatic heterocycles. The maximum atomic E-state index is 4.95. The average molecular weight is 457 g/mol.